The van der Waals surface area contributed by atoms with E-state index in [-0.39, 0.29) is 5.91 Å². The summed E-state index contributed by atoms with van der Waals surface area (Å²) < 4.78 is 2.10. The first-order chi connectivity index (χ1) is 11.6. The molecule has 2 heterocycles. The molecule has 1 aliphatic heterocycles. The Hall–Kier alpha value is -3.06. The van der Waals surface area contributed by atoms with Crippen LogP contribution in [-0.4, -0.2) is 17.0 Å². The molecular weight excluding hydrogens is 298 g/mol. The van der Waals surface area contributed by atoms with Crippen molar-refractivity contribution < 1.29 is 4.79 Å². The Balaban J connectivity index is 2.13. The molecule has 0 radical (unpaired) electrons. The fraction of sp³-hybridized carbons (Fsp3) is 0.200. The van der Waals surface area contributed by atoms with Crippen LogP contribution in [0.5, 0.6) is 0 Å². The third-order valence-corrected chi connectivity index (χ3v) is 4.74. The van der Waals surface area contributed by atoms with Gasteiger partial charge in [0.1, 0.15) is 5.69 Å². The van der Waals surface area contributed by atoms with Crippen molar-refractivity contribution in [3.05, 3.63) is 58.8 Å². The van der Waals surface area contributed by atoms with Gasteiger partial charge in [-0.15, -0.1) is 0 Å². The number of nitriles is 1. The number of nitrogens with zero attached hydrogens (tertiary/aromatic N) is 2. The smallest absolute Gasteiger partial charge is 0.268 e. The zero-order valence-corrected chi connectivity index (χ0v) is 13.7. The summed E-state index contributed by atoms with van der Waals surface area (Å²) in [5.41, 5.74) is 6.57. The number of hydrogen-bond acceptors (Lipinski definition) is 2. The van der Waals surface area contributed by atoms with Crippen molar-refractivity contribution in [3.8, 4) is 17.2 Å². The standard InChI is InChI=1S/C20H17N3O/c1-12-3-5-15(6-4-12)17-10-14(11-21)9-16-13(2)18-20(24)22-7-8-23(18)19(16)17/h3-6,9-10H,7-8H2,1-2H3,(H,22,24). The molecule has 0 aliphatic carbocycles. The first-order valence-corrected chi connectivity index (χ1v) is 8.02. The van der Waals surface area contributed by atoms with Gasteiger partial charge in [-0.2, -0.15) is 5.26 Å². The maximum Gasteiger partial charge on any atom is 0.268 e. The lowest BCUT2D eigenvalue weighted by Crippen LogP contribution is -2.35. The van der Waals surface area contributed by atoms with Gasteiger partial charge in [-0.3, -0.25) is 4.79 Å². The second-order valence-corrected chi connectivity index (χ2v) is 6.28. The van der Waals surface area contributed by atoms with Crippen molar-refractivity contribution in [2.75, 3.05) is 6.54 Å². The van der Waals surface area contributed by atoms with E-state index >= 15 is 0 Å². The molecule has 0 unspecified atom stereocenters. The monoisotopic (exact) mass is 315 g/mol. The van der Waals surface area contributed by atoms with Gasteiger partial charge in [0.25, 0.3) is 5.91 Å². The largest absolute Gasteiger partial charge is 0.349 e. The van der Waals surface area contributed by atoms with E-state index in [2.05, 4.69) is 47.1 Å². The Morgan fingerprint density at radius 1 is 1.17 bits per heavy atom. The number of hydrogen-bond donors (Lipinski definition) is 1. The number of carbonyl (C=O) groups excluding carboxylic acids is 1. The number of fused-ring (bicyclic) bond motifs is 3. The molecule has 0 fully saturated rings. The van der Waals surface area contributed by atoms with Gasteiger partial charge in [-0.05, 0) is 37.1 Å². The van der Waals surface area contributed by atoms with Gasteiger partial charge in [-0.25, -0.2) is 0 Å². The molecule has 0 bridgehead atoms. The maximum atomic E-state index is 12.3. The van der Waals surface area contributed by atoms with E-state index in [4.69, 9.17) is 0 Å². The lowest BCUT2D eigenvalue weighted by atomic mass is 9.98. The Morgan fingerprint density at radius 3 is 2.62 bits per heavy atom. The molecule has 0 saturated carbocycles. The molecule has 2 aromatic carbocycles. The lowest BCUT2D eigenvalue weighted by molar-refractivity contribution is 0.0928. The summed E-state index contributed by atoms with van der Waals surface area (Å²) in [5.74, 6) is -0.0386. The van der Waals surface area contributed by atoms with E-state index in [1.54, 1.807) is 0 Å². The third kappa shape index (κ3) is 2.02. The zero-order valence-electron chi connectivity index (χ0n) is 13.7. The van der Waals surface area contributed by atoms with Crippen LogP contribution in [0.15, 0.2) is 36.4 Å². The van der Waals surface area contributed by atoms with Crippen LogP contribution in [0.3, 0.4) is 0 Å². The number of rotatable bonds is 1. The predicted octanol–water partition coefficient (Wildman–Crippen LogP) is 3.54. The first-order valence-electron chi connectivity index (χ1n) is 8.02. The summed E-state index contributed by atoms with van der Waals surface area (Å²) in [6.07, 6.45) is 0. The van der Waals surface area contributed by atoms with Gasteiger partial charge in [-0.1, -0.05) is 29.8 Å². The van der Waals surface area contributed by atoms with E-state index in [1.165, 1.54) is 5.56 Å². The van der Waals surface area contributed by atoms with Crippen LogP contribution in [0.1, 0.15) is 27.2 Å². The quantitative estimate of drug-likeness (QED) is 0.746. The molecule has 1 aliphatic rings. The molecule has 0 atom stereocenters. The molecule has 24 heavy (non-hydrogen) atoms. The van der Waals surface area contributed by atoms with E-state index in [9.17, 15) is 10.1 Å². The first kappa shape index (κ1) is 14.5. The minimum atomic E-state index is -0.0386. The minimum Gasteiger partial charge on any atom is -0.349 e. The van der Waals surface area contributed by atoms with Crippen molar-refractivity contribution in [2.24, 2.45) is 0 Å². The van der Waals surface area contributed by atoms with E-state index in [1.807, 2.05) is 19.1 Å². The summed E-state index contributed by atoms with van der Waals surface area (Å²) in [5, 5.41) is 13.3. The fourth-order valence-electron chi connectivity index (χ4n) is 3.55. The molecule has 118 valence electrons. The van der Waals surface area contributed by atoms with E-state index in [0.29, 0.717) is 17.8 Å². The van der Waals surface area contributed by atoms with Gasteiger partial charge in [0.15, 0.2) is 0 Å². The molecule has 1 amide bonds. The van der Waals surface area contributed by atoms with Gasteiger partial charge in [0.2, 0.25) is 0 Å². The third-order valence-electron chi connectivity index (χ3n) is 4.74. The summed E-state index contributed by atoms with van der Waals surface area (Å²) >= 11 is 0. The van der Waals surface area contributed by atoms with Gasteiger partial charge in [0, 0.05) is 24.0 Å². The van der Waals surface area contributed by atoms with Crippen molar-refractivity contribution >= 4 is 16.8 Å². The van der Waals surface area contributed by atoms with Crippen LogP contribution < -0.4 is 5.32 Å². The highest BCUT2D eigenvalue weighted by Crippen LogP contribution is 2.36. The molecule has 4 nitrogen and oxygen atoms in total. The van der Waals surface area contributed by atoms with Crippen LogP contribution in [0.25, 0.3) is 22.0 Å². The van der Waals surface area contributed by atoms with Crippen LogP contribution >= 0.6 is 0 Å². The number of amides is 1. The fourth-order valence-corrected chi connectivity index (χ4v) is 3.55. The second kappa shape index (κ2) is 5.24. The molecule has 3 aromatic rings. The summed E-state index contributed by atoms with van der Waals surface area (Å²) in [7, 11) is 0. The Morgan fingerprint density at radius 2 is 1.92 bits per heavy atom. The molecule has 0 saturated heterocycles. The summed E-state index contributed by atoms with van der Waals surface area (Å²) in [4.78, 5) is 12.3. The summed E-state index contributed by atoms with van der Waals surface area (Å²) in [6, 6.07) is 14.3. The van der Waals surface area contributed by atoms with Gasteiger partial charge >= 0.3 is 0 Å². The maximum absolute atomic E-state index is 12.3. The molecule has 1 aromatic heterocycles. The highest BCUT2D eigenvalue weighted by molar-refractivity contribution is 6.06. The molecule has 4 rings (SSSR count). The highest BCUT2D eigenvalue weighted by atomic mass is 16.2. The lowest BCUT2D eigenvalue weighted by Gasteiger charge is -2.18. The minimum absolute atomic E-state index is 0.0386. The highest BCUT2D eigenvalue weighted by Gasteiger charge is 2.25. The predicted molar refractivity (Wildman–Crippen MR) is 93.9 cm³/mol. The van der Waals surface area contributed by atoms with Gasteiger partial charge in [0.05, 0.1) is 17.1 Å². The van der Waals surface area contributed by atoms with Crippen molar-refractivity contribution in [1.82, 2.24) is 9.88 Å². The van der Waals surface area contributed by atoms with Crippen LogP contribution in [0.4, 0.5) is 0 Å². The SMILES string of the molecule is Cc1ccc(-c2cc(C#N)cc3c(C)c4n(c23)CCNC4=O)cc1. The average Bonchev–Trinajstić information content (AvgIpc) is 2.89. The Bertz CT molecular complexity index is 1020. The van der Waals surface area contributed by atoms with Crippen LogP contribution in [-0.2, 0) is 6.54 Å². The van der Waals surface area contributed by atoms with Crippen molar-refractivity contribution in [1.29, 1.82) is 5.26 Å². The Kier molecular flexibility index (Phi) is 3.17. The van der Waals surface area contributed by atoms with E-state index < -0.39 is 0 Å². The van der Waals surface area contributed by atoms with E-state index in [0.717, 1.165) is 34.1 Å². The molecule has 1 N–H and O–H groups in total. The van der Waals surface area contributed by atoms with Crippen molar-refractivity contribution in [3.63, 3.8) is 0 Å². The average molecular weight is 315 g/mol. The number of aryl methyl sites for hydroxylation is 2. The zero-order chi connectivity index (χ0) is 16.8. The molecular formula is C20H17N3O. The van der Waals surface area contributed by atoms with Crippen LogP contribution in [0.2, 0.25) is 0 Å². The normalized spacial score (nSPS) is 13.5. The number of aromatic nitrogens is 1. The summed E-state index contributed by atoms with van der Waals surface area (Å²) in [6.45, 7) is 5.39. The van der Waals surface area contributed by atoms with Crippen molar-refractivity contribution in [2.45, 2.75) is 20.4 Å². The number of carbonyl (C=O) groups is 1. The number of nitrogens with one attached hydrogen (secondary N) is 1. The number of benzene rings is 2. The Labute approximate surface area is 140 Å². The topological polar surface area (TPSA) is 57.8 Å². The van der Waals surface area contributed by atoms with Crippen LogP contribution in [0, 0.1) is 25.2 Å². The molecule has 0 spiro atoms. The molecule has 4 heteroatoms. The van der Waals surface area contributed by atoms with Gasteiger partial charge < -0.3 is 9.88 Å². The second-order valence-electron chi connectivity index (χ2n) is 6.28.